The van der Waals surface area contributed by atoms with Crippen LogP contribution >= 0.6 is 0 Å². The normalized spacial score (nSPS) is 10.4. The number of nitrogens with zero attached hydrogens (tertiary/aromatic N) is 2. The number of nitrogen functional groups attached to an aromatic ring is 1. The third kappa shape index (κ3) is 2.97. The third-order valence-corrected chi connectivity index (χ3v) is 1.78. The van der Waals surface area contributed by atoms with E-state index in [-0.39, 0.29) is 29.9 Å². The molecule has 0 saturated carbocycles. The zero-order chi connectivity index (χ0) is 12.3. The number of hydrogen-bond donors (Lipinski definition) is 3. The number of amides is 2. The Morgan fingerprint density at radius 3 is 2.62 bits per heavy atom. The van der Waals surface area contributed by atoms with Gasteiger partial charge in [-0.05, 0) is 13.8 Å². The summed E-state index contributed by atoms with van der Waals surface area (Å²) in [6.45, 7) is 3.71. The zero-order valence-corrected chi connectivity index (χ0v) is 9.23. The van der Waals surface area contributed by atoms with E-state index in [4.69, 9.17) is 11.5 Å². The Kier molecular flexibility index (Phi) is 3.49. The van der Waals surface area contributed by atoms with Gasteiger partial charge in [-0.1, -0.05) is 0 Å². The smallest absolute Gasteiger partial charge is 0.271 e. The van der Waals surface area contributed by atoms with Crippen molar-refractivity contribution in [3.63, 3.8) is 0 Å². The Bertz CT molecular complexity index is 410. The van der Waals surface area contributed by atoms with Crippen molar-refractivity contribution in [1.29, 1.82) is 0 Å². The summed E-state index contributed by atoms with van der Waals surface area (Å²) in [5.41, 5.74) is 10.7. The monoisotopic (exact) mass is 225 g/mol. The predicted octanol–water partition coefficient (Wildman–Crippen LogP) is -0.911. The molecule has 0 atom stereocenters. The van der Waals surface area contributed by atoms with Crippen LogP contribution in [0.2, 0.25) is 0 Å². The first kappa shape index (κ1) is 12.0. The second-order valence-corrected chi connectivity index (χ2v) is 3.72. The zero-order valence-electron chi connectivity index (χ0n) is 9.23. The van der Waals surface area contributed by atoms with Crippen LogP contribution in [0.5, 0.6) is 0 Å². The molecule has 0 aromatic carbocycles. The fourth-order valence-corrected chi connectivity index (χ4v) is 1.22. The Labute approximate surface area is 92.8 Å². The van der Waals surface area contributed by atoms with Crippen LogP contribution in [0.1, 0.15) is 24.3 Å². The molecule has 2 amide bonds. The lowest BCUT2D eigenvalue weighted by atomic mass is 10.4. The van der Waals surface area contributed by atoms with Gasteiger partial charge in [0.1, 0.15) is 6.54 Å². The van der Waals surface area contributed by atoms with E-state index in [0.29, 0.717) is 0 Å². The standard InChI is InChI=1S/C9H15N5O2/c1-5(2)12-7(15)4-14-3-6(10)8(13-14)9(11)16/h3,5H,4,10H2,1-2H3,(H2,11,16)(H,12,15). The molecule has 0 saturated heterocycles. The Morgan fingerprint density at radius 2 is 2.19 bits per heavy atom. The van der Waals surface area contributed by atoms with Gasteiger partial charge in [-0.25, -0.2) is 0 Å². The van der Waals surface area contributed by atoms with Crippen LogP contribution in [0.3, 0.4) is 0 Å². The number of carbonyl (C=O) groups excluding carboxylic acids is 2. The summed E-state index contributed by atoms with van der Waals surface area (Å²) in [6.07, 6.45) is 1.40. The largest absolute Gasteiger partial charge is 0.396 e. The molecule has 7 heteroatoms. The molecule has 5 N–H and O–H groups in total. The van der Waals surface area contributed by atoms with Gasteiger partial charge in [0.15, 0.2) is 5.69 Å². The molecule has 88 valence electrons. The summed E-state index contributed by atoms with van der Waals surface area (Å²) in [5.74, 6) is -0.908. The fourth-order valence-electron chi connectivity index (χ4n) is 1.22. The summed E-state index contributed by atoms with van der Waals surface area (Å²) >= 11 is 0. The van der Waals surface area contributed by atoms with Gasteiger partial charge in [0.05, 0.1) is 5.69 Å². The summed E-state index contributed by atoms with van der Waals surface area (Å²) in [6, 6.07) is 0.0519. The molecule has 1 heterocycles. The van der Waals surface area contributed by atoms with E-state index in [2.05, 4.69) is 10.4 Å². The lowest BCUT2D eigenvalue weighted by Crippen LogP contribution is -2.33. The minimum Gasteiger partial charge on any atom is -0.396 e. The molecule has 1 rings (SSSR count). The second-order valence-electron chi connectivity index (χ2n) is 3.72. The van der Waals surface area contributed by atoms with Crippen molar-refractivity contribution < 1.29 is 9.59 Å². The van der Waals surface area contributed by atoms with Gasteiger partial charge in [0, 0.05) is 12.2 Å². The van der Waals surface area contributed by atoms with Crippen LogP contribution < -0.4 is 16.8 Å². The summed E-state index contributed by atoms with van der Waals surface area (Å²) in [7, 11) is 0. The SMILES string of the molecule is CC(C)NC(=O)Cn1cc(N)c(C(N)=O)n1. The minimum atomic E-state index is -0.708. The molecule has 1 aromatic rings. The van der Waals surface area contributed by atoms with E-state index in [9.17, 15) is 9.59 Å². The number of carbonyl (C=O) groups is 2. The lowest BCUT2D eigenvalue weighted by Gasteiger charge is -2.07. The van der Waals surface area contributed by atoms with E-state index in [0.717, 1.165) is 0 Å². The number of nitrogens with one attached hydrogen (secondary N) is 1. The first-order chi connectivity index (χ1) is 7.40. The van der Waals surface area contributed by atoms with Crippen LogP contribution in [0.15, 0.2) is 6.20 Å². The highest BCUT2D eigenvalue weighted by atomic mass is 16.2. The van der Waals surface area contributed by atoms with Crippen LogP contribution in [0.25, 0.3) is 0 Å². The molecule has 0 aliphatic rings. The van der Waals surface area contributed by atoms with Crippen molar-refractivity contribution in [1.82, 2.24) is 15.1 Å². The van der Waals surface area contributed by atoms with Crippen molar-refractivity contribution in [3.05, 3.63) is 11.9 Å². The van der Waals surface area contributed by atoms with Crippen LogP contribution in [0, 0.1) is 0 Å². The van der Waals surface area contributed by atoms with Crippen molar-refractivity contribution in [3.8, 4) is 0 Å². The molecule has 0 spiro atoms. The Balaban J connectivity index is 2.72. The molecule has 16 heavy (non-hydrogen) atoms. The third-order valence-electron chi connectivity index (χ3n) is 1.78. The molecule has 0 bridgehead atoms. The van der Waals surface area contributed by atoms with Gasteiger partial charge in [0.25, 0.3) is 5.91 Å². The fraction of sp³-hybridized carbons (Fsp3) is 0.444. The average Bonchev–Trinajstić information content (AvgIpc) is 2.44. The van der Waals surface area contributed by atoms with E-state index < -0.39 is 5.91 Å². The molecule has 0 aliphatic carbocycles. The highest BCUT2D eigenvalue weighted by Gasteiger charge is 2.13. The molecule has 0 radical (unpaired) electrons. The summed E-state index contributed by atoms with van der Waals surface area (Å²) in [5, 5.41) is 6.51. The number of primary amides is 1. The van der Waals surface area contributed by atoms with Crippen molar-refractivity contribution in [2.24, 2.45) is 5.73 Å². The van der Waals surface area contributed by atoms with E-state index >= 15 is 0 Å². The van der Waals surface area contributed by atoms with Crippen LogP contribution in [-0.4, -0.2) is 27.6 Å². The highest BCUT2D eigenvalue weighted by molar-refractivity contribution is 5.95. The van der Waals surface area contributed by atoms with Crippen molar-refractivity contribution in [2.75, 3.05) is 5.73 Å². The van der Waals surface area contributed by atoms with Crippen LogP contribution in [0.4, 0.5) is 5.69 Å². The number of nitrogens with two attached hydrogens (primary N) is 2. The quantitative estimate of drug-likeness (QED) is 0.615. The maximum atomic E-state index is 11.4. The first-order valence-corrected chi connectivity index (χ1v) is 4.82. The maximum absolute atomic E-state index is 11.4. The number of anilines is 1. The van der Waals surface area contributed by atoms with E-state index in [1.165, 1.54) is 10.9 Å². The van der Waals surface area contributed by atoms with Gasteiger partial charge in [-0.3, -0.25) is 14.3 Å². The van der Waals surface area contributed by atoms with Gasteiger partial charge in [-0.2, -0.15) is 5.10 Å². The number of aromatic nitrogens is 2. The first-order valence-electron chi connectivity index (χ1n) is 4.82. The maximum Gasteiger partial charge on any atom is 0.271 e. The van der Waals surface area contributed by atoms with E-state index in [1.807, 2.05) is 13.8 Å². The number of hydrogen-bond acceptors (Lipinski definition) is 4. The number of rotatable bonds is 4. The van der Waals surface area contributed by atoms with Crippen molar-refractivity contribution in [2.45, 2.75) is 26.4 Å². The molecule has 7 nitrogen and oxygen atoms in total. The highest BCUT2D eigenvalue weighted by Crippen LogP contribution is 2.07. The molecular weight excluding hydrogens is 210 g/mol. The molecule has 0 unspecified atom stereocenters. The molecular formula is C9H15N5O2. The minimum absolute atomic E-state index is 0.00958. The van der Waals surface area contributed by atoms with Gasteiger partial charge in [0.2, 0.25) is 5.91 Å². The topological polar surface area (TPSA) is 116 Å². The Morgan fingerprint density at radius 1 is 1.56 bits per heavy atom. The Hall–Kier alpha value is -2.05. The molecule has 1 aromatic heterocycles. The van der Waals surface area contributed by atoms with E-state index in [1.54, 1.807) is 0 Å². The van der Waals surface area contributed by atoms with Crippen molar-refractivity contribution >= 4 is 17.5 Å². The average molecular weight is 225 g/mol. The lowest BCUT2D eigenvalue weighted by molar-refractivity contribution is -0.122. The van der Waals surface area contributed by atoms with Gasteiger partial charge < -0.3 is 16.8 Å². The predicted molar refractivity (Wildman–Crippen MR) is 58.4 cm³/mol. The summed E-state index contributed by atoms with van der Waals surface area (Å²) in [4.78, 5) is 22.2. The van der Waals surface area contributed by atoms with Gasteiger partial charge >= 0.3 is 0 Å². The molecule has 0 fully saturated rings. The van der Waals surface area contributed by atoms with Gasteiger partial charge in [-0.15, -0.1) is 0 Å². The van der Waals surface area contributed by atoms with Crippen LogP contribution in [-0.2, 0) is 11.3 Å². The second kappa shape index (κ2) is 4.65. The molecule has 0 aliphatic heterocycles. The summed E-state index contributed by atoms with van der Waals surface area (Å²) < 4.78 is 1.28.